The minimum atomic E-state index is 0.227. The molecule has 2 aromatic heterocycles. The quantitative estimate of drug-likeness (QED) is 0.494. The molecule has 33 heavy (non-hydrogen) atoms. The summed E-state index contributed by atoms with van der Waals surface area (Å²) in [5.41, 5.74) is 10.0. The number of hydrogen-bond donors (Lipinski definition) is 1. The number of pyridine rings is 1. The van der Waals surface area contributed by atoms with E-state index in [4.69, 9.17) is 20.2 Å². The van der Waals surface area contributed by atoms with E-state index < -0.39 is 0 Å². The number of aromatic nitrogens is 3. The van der Waals surface area contributed by atoms with Crippen LogP contribution in [0, 0.1) is 0 Å². The van der Waals surface area contributed by atoms with Gasteiger partial charge in [-0.1, -0.05) is 18.2 Å². The molecule has 0 radical (unpaired) electrons. The molecule has 4 aromatic rings. The van der Waals surface area contributed by atoms with E-state index in [1.807, 2.05) is 49.8 Å². The number of hydrogen-bond acceptors (Lipinski definition) is 6. The van der Waals surface area contributed by atoms with Gasteiger partial charge in [0.1, 0.15) is 23.4 Å². The Morgan fingerprint density at radius 3 is 2.55 bits per heavy atom. The highest BCUT2D eigenvalue weighted by Gasteiger charge is 2.20. The zero-order valence-electron chi connectivity index (χ0n) is 19.3. The Bertz CT molecular complexity index is 1290. The van der Waals surface area contributed by atoms with Gasteiger partial charge in [-0.25, -0.2) is 4.98 Å². The van der Waals surface area contributed by atoms with Crippen LogP contribution >= 0.6 is 0 Å². The zero-order valence-corrected chi connectivity index (χ0v) is 19.3. The van der Waals surface area contributed by atoms with Crippen LogP contribution in [0.5, 0.6) is 11.5 Å². The molecule has 2 aromatic carbocycles. The average Bonchev–Trinajstić information content (AvgIpc) is 3.25. The Morgan fingerprint density at radius 1 is 1.00 bits per heavy atom. The van der Waals surface area contributed by atoms with Gasteiger partial charge in [0, 0.05) is 48.9 Å². The number of benzene rings is 2. The fourth-order valence-corrected chi connectivity index (χ4v) is 4.55. The zero-order chi connectivity index (χ0) is 22.9. The fourth-order valence-electron chi connectivity index (χ4n) is 4.55. The Kier molecular flexibility index (Phi) is 5.64. The summed E-state index contributed by atoms with van der Waals surface area (Å²) < 4.78 is 13.8. The van der Waals surface area contributed by atoms with E-state index in [2.05, 4.69) is 29.2 Å². The minimum absolute atomic E-state index is 0.227. The minimum Gasteiger partial charge on any atom is -0.496 e. The molecule has 1 fully saturated rings. The Morgan fingerprint density at radius 2 is 1.82 bits per heavy atom. The van der Waals surface area contributed by atoms with Crippen LogP contribution in [-0.4, -0.2) is 53.0 Å². The maximum absolute atomic E-state index is 6.27. The van der Waals surface area contributed by atoms with Crippen LogP contribution in [0.25, 0.3) is 33.2 Å². The van der Waals surface area contributed by atoms with Crippen molar-refractivity contribution >= 4 is 16.6 Å². The van der Waals surface area contributed by atoms with Crippen molar-refractivity contribution in [3.63, 3.8) is 0 Å². The molecule has 0 atom stereocenters. The van der Waals surface area contributed by atoms with Crippen molar-refractivity contribution in [3.05, 3.63) is 54.9 Å². The lowest BCUT2D eigenvalue weighted by Crippen LogP contribution is -2.35. The molecule has 170 valence electrons. The summed E-state index contributed by atoms with van der Waals surface area (Å²) >= 11 is 0. The molecular weight excluding hydrogens is 414 g/mol. The average molecular weight is 444 g/mol. The molecule has 0 amide bonds. The van der Waals surface area contributed by atoms with Crippen LogP contribution in [0.4, 0.5) is 5.82 Å². The first-order valence-electron chi connectivity index (χ1n) is 11.2. The van der Waals surface area contributed by atoms with Gasteiger partial charge in [0.05, 0.1) is 19.0 Å². The number of piperidine rings is 1. The SMILES string of the molecule is COc1cc(OC2CCN(C)CC2)ccc1-c1nc(N)cc2c(-c3cnn(C)c3)cccc12. The van der Waals surface area contributed by atoms with Gasteiger partial charge in [0.2, 0.25) is 0 Å². The summed E-state index contributed by atoms with van der Waals surface area (Å²) in [6, 6.07) is 14.1. The van der Waals surface area contributed by atoms with Crippen molar-refractivity contribution in [1.82, 2.24) is 19.7 Å². The molecule has 7 heteroatoms. The smallest absolute Gasteiger partial charge is 0.131 e. The van der Waals surface area contributed by atoms with Gasteiger partial charge < -0.3 is 20.1 Å². The molecule has 1 saturated heterocycles. The number of nitrogens with zero attached hydrogens (tertiary/aromatic N) is 4. The maximum Gasteiger partial charge on any atom is 0.131 e. The van der Waals surface area contributed by atoms with Crippen molar-refractivity contribution in [1.29, 1.82) is 0 Å². The summed E-state index contributed by atoms with van der Waals surface area (Å²) in [6.45, 7) is 2.11. The first-order valence-corrected chi connectivity index (χ1v) is 11.2. The van der Waals surface area contributed by atoms with E-state index >= 15 is 0 Å². The van der Waals surface area contributed by atoms with Crippen LogP contribution in [0.1, 0.15) is 12.8 Å². The third-order valence-electron chi connectivity index (χ3n) is 6.31. The highest BCUT2D eigenvalue weighted by Crippen LogP contribution is 2.39. The number of anilines is 1. The number of rotatable bonds is 5. The van der Waals surface area contributed by atoms with E-state index in [0.717, 1.165) is 64.8 Å². The number of likely N-dealkylation sites (tertiary alicyclic amines) is 1. The Balaban J connectivity index is 1.56. The number of methoxy groups -OCH3 is 1. The number of nitrogens with two attached hydrogens (primary N) is 1. The van der Waals surface area contributed by atoms with E-state index in [9.17, 15) is 0 Å². The molecule has 0 bridgehead atoms. The molecular formula is C26H29N5O2. The highest BCUT2D eigenvalue weighted by molar-refractivity contribution is 6.04. The number of aryl methyl sites for hydroxylation is 1. The van der Waals surface area contributed by atoms with Crippen molar-refractivity contribution in [2.24, 2.45) is 7.05 Å². The summed E-state index contributed by atoms with van der Waals surface area (Å²) in [5, 5.41) is 6.36. The van der Waals surface area contributed by atoms with E-state index in [1.54, 1.807) is 11.8 Å². The maximum atomic E-state index is 6.27. The van der Waals surface area contributed by atoms with Crippen LogP contribution in [0.15, 0.2) is 54.9 Å². The van der Waals surface area contributed by atoms with Crippen LogP contribution in [-0.2, 0) is 7.05 Å². The van der Waals surface area contributed by atoms with Crippen LogP contribution < -0.4 is 15.2 Å². The Hall–Kier alpha value is -3.58. The summed E-state index contributed by atoms with van der Waals surface area (Å²) in [5.74, 6) is 1.99. The predicted octanol–water partition coefficient (Wildman–Crippen LogP) is 4.37. The summed E-state index contributed by atoms with van der Waals surface area (Å²) in [7, 11) is 5.74. The standard InChI is InChI=1S/C26H29N5O2/c1-30-11-9-18(10-12-30)33-19-7-8-22(24(13-19)32-3)26-21-6-4-5-20(17-15-28-31(2)16-17)23(21)14-25(27)29-26/h4-8,13-16,18H,9-12H2,1-3H3,(H2,27,29). The van der Waals surface area contributed by atoms with E-state index in [1.165, 1.54) is 0 Å². The second kappa shape index (κ2) is 8.75. The van der Waals surface area contributed by atoms with Gasteiger partial charge >= 0.3 is 0 Å². The first kappa shape index (κ1) is 21.3. The van der Waals surface area contributed by atoms with Crippen molar-refractivity contribution < 1.29 is 9.47 Å². The molecule has 0 saturated carbocycles. The molecule has 2 N–H and O–H groups in total. The first-order chi connectivity index (χ1) is 16.0. The molecule has 5 rings (SSSR count). The molecule has 1 aliphatic heterocycles. The monoisotopic (exact) mass is 443 g/mol. The lowest BCUT2D eigenvalue weighted by Gasteiger charge is -2.29. The molecule has 0 spiro atoms. The van der Waals surface area contributed by atoms with E-state index in [-0.39, 0.29) is 6.10 Å². The number of fused-ring (bicyclic) bond motifs is 1. The van der Waals surface area contributed by atoms with Crippen molar-refractivity contribution in [3.8, 4) is 33.9 Å². The molecule has 1 aliphatic rings. The van der Waals surface area contributed by atoms with Gasteiger partial charge in [0.25, 0.3) is 0 Å². The third-order valence-corrected chi connectivity index (χ3v) is 6.31. The molecule has 0 aliphatic carbocycles. The largest absolute Gasteiger partial charge is 0.496 e. The topological polar surface area (TPSA) is 78.4 Å². The molecule has 0 unspecified atom stereocenters. The van der Waals surface area contributed by atoms with Crippen molar-refractivity contribution in [2.45, 2.75) is 18.9 Å². The van der Waals surface area contributed by atoms with Gasteiger partial charge in [-0.05, 0) is 49.0 Å². The fraction of sp³-hybridized carbons (Fsp3) is 0.308. The van der Waals surface area contributed by atoms with Gasteiger partial charge in [-0.2, -0.15) is 5.10 Å². The number of nitrogen functional groups attached to an aromatic ring is 1. The number of ether oxygens (including phenoxy) is 2. The van der Waals surface area contributed by atoms with Gasteiger partial charge in [-0.3, -0.25) is 4.68 Å². The van der Waals surface area contributed by atoms with Crippen molar-refractivity contribution in [2.75, 3.05) is 33.0 Å². The lowest BCUT2D eigenvalue weighted by molar-refractivity contribution is 0.114. The van der Waals surface area contributed by atoms with E-state index in [0.29, 0.717) is 11.6 Å². The predicted molar refractivity (Wildman–Crippen MR) is 131 cm³/mol. The van der Waals surface area contributed by atoms with Crippen LogP contribution in [0.2, 0.25) is 0 Å². The molecule has 3 heterocycles. The summed E-state index contributed by atoms with van der Waals surface area (Å²) in [6.07, 6.45) is 6.14. The lowest BCUT2D eigenvalue weighted by atomic mass is 9.97. The molecule has 7 nitrogen and oxygen atoms in total. The van der Waals surface area contributed by atoms with Crippen LogP contribution in [0.3, 0.4) is 0 Å². The third kappa shape index (κ3) is 4.24. The highest BCUT2D eigenvalue weighted by atomic mass is 16.5. The Labute approximate surface area is 193 Å². The second-order valence-corrected chi connectivity index (χ2v) is 8.68. The summed E-state index contributed by atoms with van der Waals surface area (Å²) in [4.78, 5) is 7.04. The van der Waals surface area contributed by atoms with Gasteiger partial charge in [-0.15, -0.1) is 0 Å². The van der Waals surface area contributed by atoms with Gasteiger partial charge in [0.15, 0.2) is 0 Å². The normalized spacial score (nSPS) is 15.1. The second-order valence-electron chi connectivity index (χ2n) is 8.68.